The predicted molar refractivity (Wildman–Crippen MR) is 284 cm³/mol. The molecule has 9 heteroatoms. The van der Waals surface area contributed by atoms with E-state index < -0.39 is 54.7 Å². The van der Waals surface area contributed by atoms with Crippen LogP contribution >= 0.6 is 0 Å². The van der Waals surface area contributed by atoms with Crippen LogP contribution in [0, 0.1) is 54.5 Å². The van der Waals surface area contributed by atoms with E-state index >= 15 is 0 Å². The Kier molecular flexibility index (Phi) is 11.0. The maximum Gasteiger partial charge on any atom is 0.136 e. The minimum Gasteiger partial charge on any atom is -0.501 e. The van der Waals surface area contributed by atoms with Crippen molar-refractivity contribution in [2.24, 2.45) is 5.41 Å². The van der Waals surface area contributed by atoms with E-state index in [4.69, 9.17) is 17.6 Å². The molecule has 0 aliphatic heterocycles. The van der Waals surface area contributed by atoms with Crippen molar-refractivity contribution in [1.29, 1.82) is 0 Å². The fourth-order valence-electron chi connectivity index (χ4n) is 9.52. The van der Waals surface area contributed by atoms with Gasteiger partial charge >= 0.3 is 0 Å². The van der Waals surface area contributed by atoms with Gasteiger partial charge in [-0.25, -0.2) is 13.2 Å². The summed E-state index contributed by atoms with van der Waals surface area (Å²) in [6.45, 7) is 6.37. The maximum absolute atomic E-state index is 14.9. The van der Waals surface area contributed by atoms with Gasteiger partial charge in [-0.1, -0.05) is 113 Å². The topological polar surface area (TPSA) is 43.9 Å². The van der Waals surface area contributed by atoms with Crippen LogP contribution in [0.15, 0.2) is 138 Å². The first kappa shape index (κ1) is 38.9. The Balaban J connectivity index is 0.000000325. The molecular formula is C64H57F4IrN3O-2. The van der Waals surface area contributed by atoms with Crippen LogP contribution in [0.2, 0.25) is 0 Å². The Bertz CT molecular complexity index is 4090. The van der Waals surface area contributed by atoms with E-state index in [1.165, 1.54) is 24.3 Å². The molecule has 73 heavy (non-hydrogen) atoms. The number of nitrogens with zero attached hydrogens (tertiary/aromatic N) is 3. The molecule has 0 saturated heterocycles. The van der Waals surface area contributed by atoms with E-state index in [0.717, 1.165) is 25.1 Å². The van der Waals surface area contributed by atoms with Gasteiger partial charge in [0.1, 0.15) is 23.0 Å². The molecule has 7 aromatic carbocycles. The molecule has 3 aromatic heterocycles. The van der Waals surface area contributed by atoms with Gasteiger partial charge in [0.25, 0.3) is 0 Å². The Morgan fingerprint density at radius 1 is 0.767 bits per heavy atom. The fraction of sp³-hybridized carbons (Fsp3) is 0.250. The van der Waals surface area contributed by atoms with Crippen LogP contribution in [0.4, 0.5) is 17.6 Å². The summed E-state index contributed by atoms with van der Waals surface area (Å²) in [4.78, 5) is 9.09. The van der Waals surface area contributed by atoms with Gasteiger partial charge in [-0.2, -0.15) is 0 Å². The summed E-state index contributed by atoms with van der Waals surface area (Å²) in [5.41, 5.74) is 5.69. The summed E-state index contributed by atoms with van der Waals surface area (Å²) >= 11 is 0. The quantitative estimate of drug-likeness (QED) is 0.112. The second-order valence-electron chi connectivity index (χ2n) is 19.5. The van der Waals surface area contributed by atoms with Crippen molar-refractivity contribution in [3.8, 4) is 50.6 Å². The summed E-state index contributed by atoms with van der Waals surface area (Å²) < 4.78 is 157. The molecular weight excluding hydrogens is 1090 g/mol. The number of fused-ring (bicyclic) bond motifs is 4. The number of hydrogen-bond acceptors (Lipinski definition) is 3. The average Bonchev–Trinajstić information content (AvgIpc) is 3.69. The second-order valence-corrected chi connectivity index (χ2v) is 19.5. The molecule has 0 atom stereocenters. The van der Waals surface area contributed by atoms with Gasteiger partial charge < -0.3 is 14.0 Å². The number of imidazole rings is 1. The Morgan fingerprint density at radius 2 is 1.47 bits per heavy atom. The summed E-state index contributed by atoms with van der Waals surface area (Å²) in [5.74, 6) is -6.57. The smallest absolute Gasteiger partial charge is 0.136 e. The van der Waals surface area contributed by atoms with E-state index in [-0.39, 0.29) is 65.6 Å². The van der Waals surface area contributed by atoms with Gasteiger partial charge in [0.15, 0.2) is 0 Å². The first-order valence-electron chi connectivity index (χ1n) is 29.2. The number of benzene rings is 7. The molecule has 1 saturated carbocycles. The minimum atomic E-state index is -2.58. The number of halogens is 4. The van der Waals surface area contributed by atoms with E-state index in [2.05, 4.69) is 31.0 Å². The zero-order valence-corrected chi connectivity index (χ0v) is 43.4. The van der Waals surface area contributed by atoms with Gasteiger partial charge in [0.2, 0.25) is 0 Å². The third kappa shape index (κ3) is 10.2. The van der Waals surface area contributed by atoms with Gasteiger partial charge in [-0.3, -0.25) is 9.37 Å². The van der Waals surface area contributed by atoms with Crippen molar-refractivity contribution in [3.05, 3.63) is 197 Å². The van der Waals surface area contributed by atoms with Crippen LogP contribution < -0.4 is 0 Å². The standard InChI is InChI=1S/C51H46F3N2O.C13H11FN.Ir/c1-29(2)40-24-35(32-16-14-31(15-17-32)33-20-22-51(5,6)23-21-33)25-41(30(3)4)48(40)56-45-13-8-7-12-44(45)55-50(56)39-11-9-10-38-37-19-18-34(26-46(37)57-49(38)39)47-42(53)27-36(52)28-43(47)54;1-9-7-13(15-8-10(9)2)11-3-5-12(14)6-4-11;/h7-10,12-19,24-30,33H,20-23H2,1-6H3;3,5-8H,1-2H3;/q2*-1;/i16D,17D,29D,30D,33D;1D3,2D3;. The van der Waals surface area contributed by atoms with Gasteiger partial charge in [0.05, 0.1) is 30.7 Å². The largest absolute Gasteiger partial charge is 0.501 e. The Hall–Kier alpha value is -6.67. The molecule has 3 heterocycles. The maximum atomic E-state index is 14.9. The van der Waals surface area contributed by atoms with Crippen molar-refractivity contribution in [2.75, 3.05) is 0 Å². The number of hydrogen-bond donors (Lipinski definition) is 0. The normalized spacial score (nSPS) is 17.0. The van der Waals surface area contributed by atoms with Crippen molar-refractivity contribution >= 4 is 33.0 Å². The zero-order valence-electron chi connectivity index (χ0n) is 52.0. The first-order chi connectivity index (χ1) is 38.7. The minimum absolute atomic E-state index is 0. The monoisotopic (exact) mass is 1160 g/mol. The summed E-state index contributed by atoms with van der Waals surface area (Å²) in [5, 5.41) is 1.36. The summed E-state index contributed by atoms with van der Waals surface area (Å²) in [6.07, 6.45) is 4.11. The van der Waals surface area contributed by atoms with Crippen molar-refractivity contribution in [1.82, 2.24) is 14.5 Å². The van der Waals surface area contributed by atoms with E-state index in [1.54, 1.807) is 58.0 Å². The van der Waals surface area contributed by atoms with Crippen LogP contribution in [0.1, 0.15) is 128 Å². The average molecular weight is 1160 g/mol. The van der Waals surface area contributed by atoms with E-state index in [0.29, 0.717) is 108 Å². The van der Waals surface area contributed by atoms with Gasteiger partial charge in [-0.15, -0.1) is 48.0 Å². The molecule has 0 unspecified atom stereocenters. The summed E-state index contributed by atoms with van der Waals surface area (Å²) in [7, 11) is 0. The Labute approximate surface area is 454 Å². The number of aromatic nitrogens is 3. The molecule has 1 fully saturated rings. The number of furan rings is 1. The predicted octanol–water partition coefficient (Wildman–Crippen LogP) is 18.4. The van der Waals surface area contributed by atoms with Crippen LogP contribution in [-0.2, 0) is 20.1 Å². The number of pyridine rings is 1. The molecule has 373 valence electrons. The number of para-hydroxylation sites is 2. The second kappa shape index (κ2) is 20.7. The molecule has 1 aliphatic rings. The van der Waals surface area contributed by atoms with Crippen LogP contribution in [0.25, 0.3) is 83.6 Å². The molecule has 11 rings (SSSR count). The summed E-state index contributed by atoms with van der Waals surface area (Å²) in [6, 6.07) is 35.5. The fourth-order valence-corrected chi connectivity index (χ4v) is 9.52. The van der Waals surface area contributed by atoms with E-state index in [1.807, 2.05) is 47.0 Å². The molecule has 4 nitrogen and oxygen atoms in total. The molecule has 0 amide bonds. The van der Waals surface area contributed by atoms with Crippen LogP contribution in [0.3, 0.4) is 0 Å². The van der Waals surface area contributed by atoms with Crippen LogP contribution in [0.5, 0.6) is 0 Å². The molecule has 0 bridgehead atoms. The zero-order chi connectivity index (χ0) is 60.1. The first-order valence-corrected chi connectivity index (χ1v) is 23.7. The van der Waals surface area contributed by atoms with Crippen molar-refractivity contribution < 1.29 is 57.2 Å². The molecule has 10 aromatic rings. The van der Waals surface area contributed by atoms with Crippen molar-refractivity contribution in [3.63, 3.8) is 0 Å². The van der Waals surface area contributed by atoms with Crippen LogP contribution in [-0.4, -0.2) is 14.5 Å². The molecule has 1 aliphatic carbocycles. The van der Waals surface area contributed by atoms with Gasteiger partial charge in [-0.05, 0) is 137 Å². The third-order valence-electron chi connectivity index (χ3n) is 13.5. The van der Waals surface area contributed by atoms with Gasteiger partial charge in [0, 0.05) is 67.7 Å². The SMILES string of the molecule is [2H]C([2H])([2H])c1cnc(-c2[c-]cc(F)cc2)cc1C([2H])([2H])[2H].[2H]c1cc(C2([2H])CCC(C)(C)CC2)cc([2H])c1-c1cc(C([2H])(C)C)c(-n2c(-c3[c-]ccc4c3oc3cc(-c5c(F)cc(F)cc5F)ccc34)nc3ccccc32)c(C([2H])(C)C)c1.[Ir]. The number of rotatable bonds is 8. The molecule has 0 spiro atoms. The third-order valence-corrected chi connectivity index (χ3v) is 13.5. The van der Waals surface area contributed by atoms with Crippen molar-refractivity contribution in [2.45, 2.75) is 98.6 Å². The Morgan fingerprint density at radius 3 is 2.12 bits per heavy atom. The molecule has 1 radical (unpaired) electrons. The van der Waals surface area contributed by atoms with E-state index in [9.17, 15) is 24.4 Å². The number of aryl methyl sites for hydroxylation is 2. The molecule has 0 N–H and O–H groups in total.